The summed E-state index contributed by atoms with van der Waals surface area (Å²) in [6, 6.07) is 1.72. The zero-order valence-electron chi connectivity index (χ0n) is 11.7. The second kappa shape index (κ2) is 5.63. The summed E-state index contributed by atoms with van der Waals surface area (Å²) in [5, 5.41) is 9.93. The molecule has 1 unspecified atom stereocenters. The quantitative estimate of drug-likeness (QED) is 0.778. The molecule has 1 aliphatic heterocycles. The number of hydrogen-bond acceptors (Lipinski definition) is 6. The Morgan fingerprint density at radius 3 is 2.70 bits per heavy atom. The highest BCUT2D eigenvalue weighted by atomic mass is 32.2. The van der Waals surface area contributed by atoms with Crippen molar-refractivity contribution in [3.63, 3.8) is 0 Å². The van der Waals surface area contributed by atoms with Crippen LogP contribution in [0.5, 0.6) is 0 Å². The second-order valence-corrected chi connectivity index (χ2v) is 7.68. The topological polar surface area (TPSA) is 95.4 Å². The first-order chi connectivity index (χ1) is 9.32. The third-order valence-corrected chi connectivity index (χ3v) is 5.18. The fourth-order valence-electron chi connectivity index (χ4n) is 2.03. The SMILES string of the molecule is CC(C)S(=O)(=O)NCC1(O)CCN(c2ncccn2)C1. The first kappa shape index (κ1) is 15.1. The predicted octanol–water partition coefficient (Wildman–Crippen LogP) is -0.254. The summed E-state index contributed by atoms with van der Waals surface area (Å²) >= 11 is 0. The number of rotatable bonds is 5. The molecule has 1 saturated heterocycles. The summed E-state index contributed by atoms with van der Waals surface area (Å²) in [6.45, 7) is 4.13. The van der Waals surface area contributed by atoms with Crippen LogP contribution in [-0.4, -0.2) is 54.0 Å². The first-order valence-corrected chi connectivity index (χ1v) is 8.10. The highest BCUT2D eigenvalue weighted by molar-refractivity contribution is 7.90. The van der Waals surface area contributed by atoms with Gasteiger partial charge in [0.2, 0.25) is 16.0 Å². The van der Waals surface area contributed by atoms with Crippen LogP contribution in [0.25, 0.3) is 0 Å². The maximum absolute atomic E-state index is 11.7. The van der Waals surface area contributed by atoms with E-state index in [-0.39, 0.29) is 6.54 Å². The molecule has 2 N–H and O–H groups in total. The summed E-state index contributed by atoms with van der Waals surface area (Å²) < 4.78 is 25.9. The Labute approximate surface area is 119 Å². The Bertz CT molecular complexity index is 549. The number of aromatic nitrogens is 2. The maximum Gasteiger partial charge on any atom is 0.225 e. The Kier molecular flexibility index (Phi) is 4.26. The summed E-state index contributed by atoms with van der Waals surface area (Å²) in [7, 11) is -3.37. The lowest BCUT2D eigenvalue weighted by Crippen LogP contribution is -2.46. The van der Waals surface area contributed by atoms with Gasteiger partial charge >= 0.3 is 0 Å². The molecule has 1 fully saturated rings. The molecule has 0 bridgehead atoms. The molecule has 8 heteroatoms. The van der Waals surface area contributed by atoms with Crippen molar-refractivity contribution >= 4 is 16.0 Å². The minimum absolute atomic E-state index is 0.0108. The molecule has 0 spiro atoms. The molecule has 1 aromatic heterocycles. The van der Waals surface area contributed by atoms with Crippen LogP contribution < -0.4 is 9.62 Å². The zero-order valence-corrected chi connectivity index (χ0v) is 12.5. The first-order valence-electron chi connectivity index (χ1n) is 6.55. The number of nitrogens with zero attached hydrogens (tertiary/aromatic N) is 3. The Morgan fingerprint density at radius 1 is 1.45 bits per heavy atom. The van der Waals surface area contributed by atoms with Crippen molar-refractivity contribution in [1.29, 1.82) is 0 Å². The van der Waals surface area contributed by atoms with Gasteiger partial charge in [-0.1, -0.05) is 0 Å². The van der Waals surface area contributed by atoms with Crippen LogP contribution >= 0.6 is 0 Å². The fraction of sp³-hybridized carbons (Fsp3) is 0.667. The molecule has 7 nitrogen and oxygen atoms in total. The van der Waals surface area contributed by atoms with Crippen molar-refractivity contribution in [3.05, 3.63) is 18.5 Å². The van der Waals surface area contributed by atoms with Crippen molar-refractivity contribution in [2.75, 3.05) is 24.5 Å². The van der Waals surface area contributed by atoms with Gasteiger partial charge in [-0.15, -0.1) is 0 Å². The van der Waals surface area contributed by atoms with E-state index in [0.717, 1.165) is 0 Å². The summed E-state index contributed by atoms with van der Waals surface area (Å²) in [4.78, 5) is 10.1. The minimum atomic E-state index is -3.37. The van der Waals surface area contributed by atoms with E-state index in [1.807, 2.05) is 4.90 Å². The molecule has 0 aliphatic carbocycles. The molecular weight excluding hydrogens is 280 g/mol. The molecular formula is C12H20N4O3S. The standard InChI is InChI=1S/C12H20N4O3S/c1-10(2)20(18,19)15-8-12(17)4-7-16(9-12)11-13-5-3-6-14-11/h3,5-6,10,15,17H,4,7-9H2,1-2H3. The maximum atomic E-state index is 11.7. The molecule has 0 aromatic carbocycles. The van der Waals surface area contributed by atoms with Crippen molar-refractivity contribution in [2.45, 2.75) is 31.1 Å². The Hall–Kier alpha value is -1.25. The normalized spacial score (nSPS) is 23.5. The Morgan fingerprint density at radius 2 is 2.10 bits per heavy atom. The van der Waals surface area contributed by atoms with Crippen molar-refractivity contribution in [2.24, 2.45) is 0 Å². The summed E-state index contributed by atoms with van der Waals surface area (Å²) in [5.74, 6) is 0.551. The molecule has 20 heavy (non-hydrogen) atoms. The van der Waals surface area contributed by atoms with Gasteiger partial charge in [-0.2, -0.15) is 0 Å². The van der Waals surface area contributed by atoms with Gasteiger partial charge in [0.05, 0.1) is 17.4 Å². The molecule has 1 atom stereocenters. The predicted molar refractivity (Wildman–Crippen MR) is 75.9 cm³/mol. The highest BCUT2D eigenvalue weighted by Gasteiger charge is 2.38. The molecule has 2 rings (SSSR count). The molecule has 1 aliphatic rings. The number of nitrogens with one attached hydrogen (secondary N) is 1. The van der Waals surface area contributed by atoms with Gasteiger partial charge in [-0.25, -0.2) is 23.1 Å². The van der Waals surface area contributed by atoms with E-state index in [4.69, 9.17) is 0 Å². The van der Waals surface area contributed by atoms with Crippen LogP contribution in [-0.2, 0) is 10.0 Å². The molecule has 1 aromatic rings. The number of anilines is 1. The highest BCUT2D eigenvalue weighted by Crippen LogP contribution is 2.23. The monoisotopic (exact) mass is 300 g/mol. The number of aliphatic hydroxyl groups is 1. The average Bonchev–Trinajstić information content (AvgIpc) is 2.81. The molecule has 0 amide bonds. The van der Waals surface area contributed by atoms with Crippen LogP contribution in [0.2, 0.25) is 0 Å². The van der Waals surface area contributed by atoms with E-state index in [1.54, 1.807) is 32.3 Å². The molecule has 2 heterocycles. The zero-order chi connectivity index (χ0) is 14.8. The van der Waals surface area contributed by atoms with Crippen molar-refractivity contribution in [1.82, 2.24) is 14.7 Å². The van der Waals surface area contributed by atoms with Gasteiger partial charge in [0.15, 0.2) is 0 Å². The largest absolute Gasteiger partial charge is 0.387 e. The van der Waals surface area contributed by atoms with Gasteiger partial charge < -0.3 is 10.0 Å². The smallest absolute Gasteiger partial charge is 0.225 e. The number of β-amino-alcohol motifs (C(OH)–C–C–N with tert-alkyl or cyclic N) is 1. The van der Waals surface area contributed by atoms with Crippen LogP contribution in [0.1, 0.15) is 20.3 Å². The minimum Gasteiger partial charge on any atom is -0.387 e. The molecule has 112 valence electrons. The van der Waals surface area contributed by atoms with Crippen molar-refractivity contribution in [3.8, 4) is 0 Å². The van der Waals surface area contributed by atoms with Gasteiger partial charge in [0.1, 0.15) is 0 Å². The Balaban J connectivity index is 1.97. The van der Waals surface area contributed by atoms with E-state index in [0.29, 0.717) is 25.5 Å². The van der Waals surface area contributed by atoms with E-state index in [1.165, 1.54) is 0 Å². The lowest BCUT2D eigenvalue weighted by Gasteiger charge is -2.24. The van der Waals surface area contributed by atoms with Crippen molar-refractivity contribution < 1.29 is 13.5 Å². The summed E-state index contributed by atoms with van der Waals surface area (Å²) in [5.41, 5.74) is -1.08. The van der Waals surface area contributed by atoms with Crippen LogP contribution in [0.3, 0.4) is 0 Å². The van der Waals surface area contributed by atoms with Gasteiger partial charge in [0, 0.05) is 25.5 Å². The van der Waals surface area contributed by atoms with Gasteiger partial charge in [-0.3, -0.25) is 0 Å². The third-order valence-electron chi connectivity index (χ3n) is 3.39. The lowest BCUT2D eigenvalue weighted by atomic mass is 10.0. The fourth-order valence-corrected chi connectivity index (χ4v) is 2.83. The van der Waals surface area contributed by atoms with Crippen LogP contribution in [0.4, 0.5) is 5.95 Å². The van der Waals surface area contributed by atoms with E-state index in [2.05, 4.69) is 14.7 Å². The number of hydrogen-bond donors (Lipinski definition) is 2. The summed E-state index contributed by atoms with van der Waals surface area (Å²) in [6.07, 6.45) is 3.76. The van der Waals surface area contributed by atoms with E-state index in [9.17, 15) is 13.5 Å². The average molecular weight is 300 g/mol. The van der Waals surface area contributed by atoms with Gasteiger partial charge in [0.25, 0.3) is 0 Å². The van der Waals surface area contributed by atoms with Crippen LogP contribution in [0, 0.1) is 0 Å². The molecule has 0 saturated carbocycles. The van der Waals surface area contributed by atoms with E-state index >= 15 is 0 Å². The second-order valence-electron chi connectivity index (χ2n) is 5.36. The number of sulfonamides is 1. The lowest BCUT2D eigenvalue weighted by molar-refractivity contribution is 0.0684. The van der Waals surface area contributed by atoms with Crippen LogP contribution in [0.15, 0.2) is 18.5 Å². The molecule has 0 radical (unpaired) electrons. The van der Waals surface area contributed by atoms with Gasteiger partial charge in [-0.05, 0) is 26.3 Å². The van der Waals surface area contributed by atoms with E-state index < -0.39 is 20.9 Å². The third kappa shape index (κ3) is 3.44.